The van der Waals surface area contributed by atoms with Crippen LogP contribution in [0, 0.1) is 45.3 Å². The van der Waals surface area contributed by atoms with Crippen LogP contribution in [0.3, 0.4) is 0 Å². The zero-order chi connectivity index (χ0) is 51.3. The fourth-order valence-electron chi connectivity index (χ4n) is 11.0. The molecular formula is C70H40N6. The molecule has 0 saturated carbocycles. The number of hydrogen-bond donors (Lipinski definition) is 0. The van der Waals surface area contributed by atoms with Crippen LogP contribution in [-0.2, 0) is 0 Å². The monoisotopic (exact) mass is 964 g/mol. The predicted octanol–water partition coefficient (Wildman–Crippen LogP) is 17.4. The molecule has 0 aliphatic heterocycles. The zero-order valence-electron chi connectivity index (χ0n) is 40.8. The van der Waals surface area contributed by atoms with Crippen LogP contribution in [0.4, 0.5) is 0 Å². The van der Waals surface area contributed by atoms with E-state index >= 15 is 0 Å². The lowest BCUT2D eigenvalue weighted by atomic mass is 9.93. The van der Waals surface area contributed by atoms with Crippen LogP contribution >= 0.6 is 0 Å². The van der Waals surface area contributed by atoms with E-state index in [2.05, 4.69) is 155 Å². The maximum atomic E-state index is 10.9. The molecule has 2 aromatic heterocycles. The number of aromatic nitrogens is 2. The molecule has 0 unspecified atom stereocenters. The van der Waals surface area contributed by atoms with Gasteiger partial charge in [-0.05, 0) is 104 Å². The van der Waals surface area contributed by atoms with Crippen LogP contribution < -0.4 is 0 Å². The molecule has 2 heterocycles. The fourth-order valence-corrected chi connectivity index (χ4v) is 11.0. The number of nitrogens with zero attached hydrogens (tertiary/aromatic N) is 6. The summed E-state index contributed by atoms with van der Waals surface area (Å²) in [6.45, 7) is 0. The largest absolute Gasteiger partial charge is 0.308 e. The molecule has 350 valence electrons. The van der Waals surface area contributed by atoms with Gasteiger partial charge in [-0.25, -0.2) is 0 Å². The van der Waals surface area contributed by atoms with Crippen molar-refractivity contribution in [1.82, 2.24) is 9.13 Å². The first-order valence-electron chi connectivity index (χ1n) is 25.0. The Kier molecular flexibility index (Phi) is 11.0. The molecule has 0 N–H and O–H groups in total. The summed E-state index contributed by atoms with van der Waals surface area (Å²) in [5, 5.41) is 47.4. The van der Waals surface area contributed by atoms with Crippen molar-refractivity contribution >= 4 is 43.6 Å². The minimum Gasteiger partial charge on any atom is -0.308 e. The Hall–Kier alpha value is -11.0. The lowest BCUT2D eigenvalue weighted by molar-refractivity contribution is 1.16. The molecule has 0 bridgehead atoms. The first-order chi connectivity index (χ1) is 37.5. The maximum Gasteiger partial charge on any atom is 0.101 e. The third kappa shape index (κ3) is 7.55. The summed E-state index contributed by atoms with van der Waals surface area (Å²) in [5.41, 5.74) is 17.8. The van der Waals surface area contributed by atoms with Gasteiger partial charge in [-0.15, -0.1) is 0 Å². The van der Waals surface area contributed by atoms with E-state index in [0.717, 1.165) is 99.2 Å². The Morgan fingerprint density at radius 1 is 0.224 bits per heavy atom. The van der Waals surface area contributed by atoms with Gasteiger partial charge in [-0.1, -0.05) is 194 Å². The smallest absolute Gasteiger partial charge is 0.101 e. The number of hydrogen-bond acceptors (Lipinski definition) is 4. The van der Waals surface area contributed by atoms with E-state index in [1.54, 1.807) is 12.1 Å². The summed E-state index contributed by atoms with van der Waals surface area (Å²) >= 11 is 0. The second kappa shape index (κ2) is 18.5. The van der Waals surface area contributed by atoms with E-state index < -0.39 is 0 Å². The van der Waals surface area contributed by atoms with Gasteiger partial charge in [-0.3, -0.25) is 0 Å². The highest BCUT2D eigenvalue weighted by molar-refractivity contribution is 6.13. The van der Waals surface area contributed by atoms with Crippen LogP contribution in [0.25, 0.3) is 122 Å². The molecule has 11 aromatic carbocycles. The molecule has 0 amide bonds. The molecule has 13 rings (SSSR count). The highest BCUT2D eigenvalue weighted by atomic mass is 15.0. The molecule has 0 radical (unpaired) electrons. The van der Waals surface area contributed by atoms with Gasteiger partial charge in [0.2, 0.25) is 0 Å². The summed E-state index contributed by atoms with van der Waals surface area (Å²) in [6.07, 6.45) is 0. The van der Waals surface area contributed by atoms with Crippen molar-refractivity contribution < 1.29 is 0 Å². The standard InChI is InChI=1S/C70H40N6/c71-41-55-33-57(43-73)65(75-67-35-51(45-13-5-1-6-14-45)25-29-59(67)60-30-26-52(36-68(60)75)46-15-7-2-8-16-46)39-63(55)49-21-23-50(24-22-49)64-40-66(58(44-74)34-56(64)42-72)76-69-37-53(47-17-9-3-10-18-47)27-31-61(69)62-32-28-54(38-70(62)76)48-19-11-4-12-20-48/h1-40H. The van der Waals surface area contributed by atoms with Crippen LogP contribution in [0.1, 0.15) is 22.3 Å². The van der Waals surface area contributed by atoms with Crippen molar-refractivity contribution in [1.29, 1.82) is 21.0 Å². The van der Waals surface area contributed by atoms with Gasteiger partial charge in [0, 0.05) is 32.7 Å². The average molecular weight is 965 g/mol. The summed E-state index contributed by atoms with van der Waals surface area (Å²) in [6, 6.07) is 91.8. The first-order valence-corrected chi connectivity index (χ1v) is 25.0. The van der Waals surface area contributed by atoms with Gasteiger partial charge in [0.15, 0.2) is 0 Å². The van der Waals surface area contributed by atoms with E-state index in [1.807, 2.05) is 109 Å². The molecule has 13 aromatic rings. The van der Waals surface area contributed by atoms with E-state index in [-0.39, 0.29) is 0 Å². The molecule has 6 nitrogen and oxygen atoms in total. The minimum atomic E-state index is 0.359. The topological polar surface area (TPSA) is 105 Å². The quantitative estimate of drug-likeness (QED) is 0.151. The fraction of sp³-hybridized carbons (Fsp3) is 0. The molecule has 6 heteroatoms. The number of fused-ring (bicyclic) bond motifs is 6. The molecule has 0 fully saturated rings. The average Bonchev–Trinajstić information content (AvgIpc) is 4.01. The zero-order valence-corrected chi connectivity index (χ0v) is 40.8. The normalized spacial score (nSPS) is 11.1. The van der Waals surface area contributed by atoms with Crippen molar-refractivity contribution in [2.45, 2.75) is 0 Å². The SMILES string of the molecule is N#Cc1cc(C#N)c(-n2c3cc(-c4ccccc4)ccc3c3ccc(-c4ccccc4)cc32)cc1-c1ccc(-c2cc(-n3c4cc(-c5ccccc5)ccc4c4ccc(-c5ccccc5)cc43)c(C#N)cc2C#N)cc1. The number of nitriles is 4. The molecule has 76 heavy (non-hydrogen) atoms. The van der Waals surface area contributed by atoms with Gasteiger partial charge in [0.1, 0.15) is 12.1 Å². The van der Waals surface area contributed by atoms with Crippen molar-refractivity contribution in [3.63, 3.8) is 0 Å². The molecule has 0 aliphatic carbocycles. The number of rotatable bonds is 8. The van der Waals surface area contributed by atoms with Gasteiger partial charge >= 0.3 is 0 Å². The van der Waals surface area contributed by atoms with E-state index in [9.17, 15) is 21.0 Å². The highest BCUT2D eigenvalue weighted by Gasteiger charge is 2.23. The Morgan fingerprint density at radius 3 is 0.724 bits per heavy atom. The highest BCUT2D eigenvalue weighted by Crippen LogP contribution is 2.42. The summed E-state index contributed by atoms with van der Waals surface area (Å²) in [5.74, 6) is 0. The van der Waals surface area contributed by atoms with Crippen molar-refractivity contribution in [3.05, 3.63) is 265 Å². The Balaban J connectivity index is 0.982. The molecule has 0 aliphatic rings. The van der Waals surface area contributed by atoms with Crippen LogP contribution in [0.15, 0.2) is 243 Å². The van der Waals surface area contributed by atoms with Crippen LogP contribution in [0.2, 0.25) is 0 Å². The molecule has 0 atom stereocenters. The summed E-state index contributed by atoms with van der Waals surface area (Å²) in [7, 11) is 0. The van der Waals surface area contributed by atoms with Gasteiger partial charge < -0.3 is 9.13 Å². The van der Waals surface area contributed by atoms with Crippen molar-refractivity contribution in [2.24, 2.45) is 0 Å². The van der Waals surface area contributed by atoms with Crippen molar-refractivity contribution in [3.8, 4) is 102 Å². The first kappa shape index (κ1) is 44.9. The van der Waals surface area contributed by atoms with Crippen LogP contribution in [-0.4, -0.2) is 9.13 Å². The van der Waals surface area contributed by atoms with E-state index in [1.165, 1.54) is 0 Å². The Labute approximate surface area is 438 Å². The summed E-state index contributed by atoms with van der Waals surface area (Å²) < 4.78 is 4.33. The van der Waals surface area contributed by atoms with E-state index in [4.69, 9.17) is 0 Å². The number of benzene rings is 11. The van der Waals surface area contributed by atoms with Crippen LogP contribution in [0.5, 0.6) is 0 Å². The lowest BCUT2D eigenvalue weighted by Gasteiger charge is -2.16. The second-order valence-corrected chi connectivity index (χ2v) is 18.9. The van der Waals surface area contributed by atoms with Gasteiger partial charge in [0.05, 0.1) is 67.8 Å². The molecular weight excluding hydrogens is 925 g/mol. The lowest BCUT2D eigenvalue weighted by Crippen LogP contribution is -2.01. The van der Waals surface area contributed by atoms with Gasteiger partial charge in [0.25, 0.3) is 0 Å². The van der Waals surface area contributed by atoms with Gasteiger partial charge in [-0.2, -0.15) is 21.0 Å². The Morgan fingerprint density at radius 2 is 0.474 bits per heavy atom. The van der Waals surface area contributed by atoms with Crippen molar-refractivity contribution in [2.75, 3.05) is 0 Å². The maximum absolute atomic E-state index is 10.9. The molecule has 0 spiro atoms. The Bertz CT molecular complexity index is 4140. The third-order valence-corrected chi connectivity index (χ3v) is 14.7. The minimum absolute atomic E-state index is 0.359. The summed E-state index contributed by atoms with van der Waals surface area (Å²) in [4.78, 5) is 0. The second-order valence-electron chi connectivity index (χ2n) is 18.9. The third-order valence-electron chi connectivity index (χ3n) is 14.7. The van der Waals surface area contributed by atoms with E-state index in [0.29, 0.717) is 44.8 Å². The molecule has 0 saturated heterocycles. The predicted molar refractivity (Wildman–Crippen MR) is 307 cm³/mol.